The van der Waals surface area contributed by atoms with Crippen LogP contribution in [0.4, 0.5) is 0 Å². The Morgan fingerprint density at radius 1 is 1.67 bits per heavy atom. The first-order valence-corrected chi connectivity index (χ1v) is 3.77. The van der Waals surface area contributed by atoms with E-state index in [0.717, 1.165) is 4.64 Å². The molecule has 0 spiro atoms. The van der Waals surface area contributed by atoms with Gasteiger partial charge in [0.15, 0.2) is 0 Å². The molecule has 0 aliphatic rings. The molecule has 0 aliphatic heterocycles. The summed E-state index contributed by atoms with van der Waals surface area (Å²) in [5, 5.41) is 0. The van der Waals surface area contributed by atoms with Crippen molar-refractivity contribution in [1.29, 1.82) is 0 Å². The van der Waals surface area contributed by atoms with E-state index < -0.39 is 0 Å². The third-order valence-corrected chi connectivity index (χ3v) is 2.92. The molecule has 0 amide bonds. The van der Waals surface area contributed by atoms with Crippen molar-refractivity contribution in [2.24, 2.45) is 0 Å². The van der Waals surface area contributed by atoms with Crippen molar-refractivity contribution < 1.29 is 21.1 Å². The van der Waals surface area contributed by atoms with Crippen molar-refractivity contribution in [2.75, 3.05) is 0 Å². The fourth-order valence-corrected chi connectivity index (χ4v) is 0. The number of hydrogen-bond acceptors (Lipinski definition) is 1. The average molecular weight is 286 g/mol. The topological polar surface area (TPSA) is 0 Å². The van der Waals surface area contributed by atoms with Crippen LogP contribution in [0, 0.1) is 0 Å². The third-order valence-electron chi connectivity index (χ3n) is 0.261. The van der Waals surface area contributed by atoms with Gasteiger partial charge in [-0.15, -0.1) is 0 Å². The van der Waals surface area contributed by atoms with Crippen molar-refractivity contribution in [2.45, 2.75) is 23.2 Å². The Morgan fingerprint density at radius 3 is 1.83 bits per heavy atom. The maximum atomic E-state index is 4.24. The first-order chi connectivity index (χ1) is 2.56. The first-order valence-electron chi connectivity index (χ1n) is 1.79. The van der Waals surface area contributed by atoms with Crippen LogP contribution in [0.1, 0.15) is 13.8 Å². The first kappa shape index (κ1) is 7.09. The zero-order valence-corrected chi connectivity index (χ0v) is 7.02. The molecule has 0 radical (unpaired) electrons. The van der Waals surface area contributed by atoms with E-state index in [0.29, 0.717) is 0 Å². The molecule has 0 atom stereocenters. The Labute approximate surface area is 57.0 Å². The van der Waals surface area contributed by atoms with Gasteiger partial charge in [-0.25, -0.2) is 0 Å². The Kier molecular flexibility index (Phi) is 2.85. The van der Waals surface area contributed by atoms with Gasteiger partial charge >= 0.3 is 56.9 Å². The summed E-state index contributed by atoms with van der Waals surface area (Å²) >= 11 is 6.72. The van der Waals surface area contributed by atoms with Crippen LogP contribution in [0.3, 0.4) is 0 Å². The van der Waals surface area contributed by atoms with Gasteiger partial charge in [-0.3, -0.25) is 0 Å². The van der Waals surface area contributed by atoms with Gasteiger partial charge in [0, 0.05) is 0 Å². The molecular weight excluding hydrogens is 277 g/mol. The van der Waals surface area contributed by atoms with Gasteiger partial charge in [-0.05, 0) is 0 Å². The van der Waals surface area contributed by atoms with Crippen molar-refractivity contribution in [3.05, 3.63) is 0 Å². The quantitative estimate of drug-likeness (QED) is 0.550. The fraction of sp³-hybridized carbons (Fsp3) is 1.00. The molecule has 0 fully saturated rings. The molecule has 0 aromatic carbocycles. The number of hydrogen-bond donors (Lipinski definition) is 1. The second-order valence-corrected chi connectivity index (χ2v) is 3.90. The van der Waals surface area contributed by atoms with Gasteiger partial charge in [-0.1, -0.05) is 0 Å². The molecule has 0 aliphatic carbocycles. The van der Waals surface area contributed by atoms with Gasteiger partial charge in [-0.2, -0.15) is 0 Å². The molecule has 0 aromatic heterocycles. The van der Waals surface area contributed by atoms with E-state index >= 15 is 0 Å². The van der Waals surface area contributed by atoms with Gasteiger partial charge in [0.2, 0.25) is 0 Å². The summed E-state index contributed by atoms with van der Waals surface area (Å²) in [4.78, 5) is 0. The molecule has 6 heavy (non-hydrogen) atoms. The molecule has 42 valence electrons. The van der Waals surface area contributed by atoms with Crippen LogP contribution in [0.2, 0.25) is 4.64 Å². The zero-order chi connectivity index (χ0) is 5.21. The standard InChI is InChI=1S/C4H9S.Au/c1-4(2,3)5;/h5H,1H2,2-3H3;. The number of thiol groups is 1. The molecule has 0 aromatic rings. The fourth-order valence-electron chi connectivity index (χ4n) is 0. The maximum absolute atomic E-state index is 4.24. The van der Waals surface area contributed by atoms with Gasteiger partial charge < -0.3 is 0 Å². The summed E-state index contributed by atoms with van der Waals surface area (Å²) in [6.07, 6.45) is 0. The molecule has 0 N–H and O–H groups in total. The van der Waals surface area contributed by atoms with Crippen LogP contribution in [-0.4, -0.2) is 4.75 Å². The molecule has 0 rings (SSSR count). The molecule has 0 nitrogen and oxygen atoms in total. The zero-order valence-electron chi connectivity index (χ0n) is 3.96. The van der Waals surface area contributed by atoms with Crippen LogP contribution < -0.4 is 0 Å². The second-order valence-electron chi connectivity index (χ2n) is 1.92. The van der Waals surface area contributed by atoms with E-state index in [2.05, 4.69) is 47.5 Å². The average Bonchev–Trinajstić information content (AvgIpc) is 1.35. The van der Waals surface area contributed by atoms with Gasteiger partial charge in [0.25, 0.3) is 0 Å². The van der Waals surface area contributed by atoms with Crippen molar-refractivity contribution in [3.63, 3.8) is 0 Å². The molecule has 2 heteroatoms. The van der Waals surface area contributed by atoms with Crippen LogP contribution in [0.25, 0.3) is 0 Å². The predicted octanol–water partition coefficient (Wildman–Crippen LogP) is 1.66. The van der Waals surface area contributed by atoms with Gasteiger partial charge in [0.1, 0.15) is 0 Å². The third kappa shape index (κ3) is 5.09. The molecule has 0 saturated carbocycles. The van der Waals surface area contributed by atoms with E-state index in [1.54, 1.807) is 0 Å². The Morgan fingerprint density at radius 2 is 1.83 bits per heavy atom. The molecular formula is C4H9AuS. The summed E-state index contributed by atoms with van der Waals surface area (Å²) in [5.74, 6) is 0. The summed E-state index contributed by atoms with van der Waals surface area (Å²) in [5.41, 5.74) is 0. The summed E-state index contributed by atoms with van der Waals surface area (Å²) in [7, 11) is 0. The predicted molar refractivity (Wildman–Crippen MR) is 27.9 cm³/mol. The number of rotatable bonds is 1. The second kappa shape index (κ2) is 2.41. The monoisotopic (exact) mass is 286 g/mol. The SMILES string of the molecule is CC(C)(S)[CH2][Au]. The summed E-state index contributed by atoms with van der Waals surface area (Å²) < 4.78 is 1.29. The molecule has 0 bridgehead atoms. The van der Waals surface area contributed by atoms with E-state index in [-0.39, 0.29) is 4.75 Å². The van der Waals surface area contributed by atoms with Crippen molar-refractivity contribution >= 4 is 12.6 Å². The van der Waals surface area contributed by atoms with Gasteiger partial charge in [0.05, 0.1) is 0 Å². The summed E-state index contributed by atoms with van der Waals surface area (Å²) in [6, 6.07) is 0. The van der Waals surface area contributed by atoms with Crippen LogP contribution >= 0.6 is 12.6 Å². The Hall–Kier alpha value is 1.09. The van der Waals surface area contributed by atoms with Crippen LogP contribution in [0.5, 0.6) is 0 Å². The minimum absolute atomic E-state index is 0.211. The van der Waals surface area contributed by atoms with E-state index in [9.17, 15) is 0 Å². The Bertz CT molecular complexity index is 37.3. The van der Waals surface area contributed by atoms with E-state index in [1.165, 1.54) is 0 Å². The van der Waals surface area contributed by atoms with Crippen LogP contribution in [-0.2, 0) is 21.1 Å². The summed E-state index contributed by atoms with van der Waals surface area (Å²) in [6.45, 7) is 4.19. The van der Waals surface area contributed by atoms with Crippen molar-refractivity contribution in [1.82, 2.24) is 0 Å². The van der Waals surface area contributed by atoms with Crippen molar-refractivity contribution in [3.8, 4) is 0 Å². The molecule has 0 saturated heterocycles. The minimum atomic E-state index is 0.211. The molecule has 0 unspecified atom stereocenters. The van der Waals surface area contributed by atoms with Crippen LogP contribution in [0.15, 0.2) is 0 Å². The van der Waals surface area contributed by atoms with E-state index in [1.807, 2.05) is 0 Å². The Balaban J connectivity index is 3.17. The normalized spacial score (nSPS) is 12.2. The molecule has 0 heterocycles. The van der Waals surface area contributed by atoms with E-state index in [4.69, 9.17) is 0 Å².